The molecule has 0 amide bonds. The Labute approximate surface area is 88.3 Å². The van der Waals surface area contributed by atoms with E-state index >= 15 is 0 Å². The van der Waals surface area contributed by atoms with Gasteiger partial charge in [-0.15, -0.1) is 0 Å². The van der Waals surface area contributed by atoms with E-state index in [2.05, 4.69) is 4.98 Å². The molecule has 15 heavy (non-hydrogen) atoms. The Hall–Kier alpha value is -1.39. The van der Waals surface area contributed by atoms with Crippen LogP contribution >= 0.6 is 0 Å². The Balaban J connectivity index is 2.63. The third kappa shape index (κ3) is 1.73. The van der Waals surface area contributed by atoms with Gasteiger partial charge in [0.1, 0.15) is 11.9 Å². The predicted octanol–water partition coefficient (Wildman–Crippen LogP) is 1.05. The lowest BCUT2D eigenvalue weighted by molar-refractivity contribution is 0.184. The molecule has 0 saturated carbocycles. The lowest BCUT2D eigenvalue weighted by atomic mass is 10.3. The number of rotatable bonds is 3. The highest BCUT2D eigenvalue weighted by molar-refractivity contribution is 5.75. The van der Waals surface area contributed by atoms with Crippen LogP contribution in [-0.2, 0) is 6.54 Å². The van der Waals surface area contributed by atoms with E-state index in [4.69, 9.17) is 5.73 Å². The van der Waals surface area contributed by atoms with Gasteiger partial charge >= 0.3 is 0 Å². The van der Waals surface area contributed by atoms with Gasteiger partial charge in [0, 0.05) is 13.1 Å². The molecule has 4 nitrogen and oxygen atoms in total. The molecule has 4 heteroatoms. The molecule has 0 saturated heterocycles. The zero-order chi connectivity index (χ0) is 10.8. The summed E-state index contributed by atoms with van der Waals surface area (Å²) in [6.07, 6.45) is -0.566. The molecule has 0 aliphatic rings. The number of hydrogen-bond acceptors (Lipinski definition) is 3. The molecule has 0 aliphatic heterocycles. The predicted molar refractivity (Wildman–Crippen MR) is 59.4 cm³/mol. The molecule has 0 fully saturated rings. The molecule has 1 unspecified atom stereocenters. The monoisotopic (exact) mass is 205 g/mol. The molecule has 1 atom stereocenters. The minimum absolute atomic E-state index is 0.542. The molecule has 0 radical (unpaired) electrons. The molecule has 2 rings (SSSR count). The lowest BCUT2D eigenvalue weighted by Crippen LogP contribution is -2.13. The van der Waals surface area contributed by atoms with Crippen LogP contribution in [0.5, 0.6) is 0 Å². The van der Waals surface area contributed by atoms with E-state index in [0.29, 0.717) is 18.9 Å². The van der Waals surface area contributed by atoms with E-state index in [1.165, 1.54) is 0 Å². The summed E-state index contributed by atoms with van der Waals surface area (Å²) in [6.45, 7) is 2.94. The van der Waals surface area contributed by atoms with Crippen LogP contribution in [0.2, 0.25) is 0 Å². The van der Waals surface area contributed by atoms with E-state index in [-0.39, 0.29) is 0 Å². The summed E-state index contributed by atoms with van der Waals surface area (Å²) >= 11 is 0. The summed E-state index contributed by atoms with van der Waals surface area (Å²) in [5, 5.41) is 9.61. The quantitative estimate of drug-likeness (QED) is 0.787. The van der Waals surface area contributed by atoms with Crippen molar-refractivity contribution in [3.63, 3.8) is 0 Å². The third-order valence-corrected chi connectivity index (χ3v) is 2.41. The van der Waals surface area contributed by atoms with Crippen molar-refractivity contribution in [1.29, 1.82) is 0 Å². The molecule has 80 valence electrons. The molecule has 1 aromatic carbocycles. The van der Waals surface area contributed by atoms with E-state index in [0.717, 1.165) is 11.0 Å². The highest BCUT2D eigenvalue weighted by atomic mass is 16.3. The van der Waals surface area contributed by atoms with Crippen LogP contribution in [0.4, 0.5) is 0 Å². The summed E-state index contributed by atoms with van der Waals surface area (Å²) in [5.74, 6) is 0.682. The summed E-state index contributed by atoms with van der Waals surface area (Å²) in [7, 11) is 0. The summed E-state index contributed by atoms with van der Waals surface area (Å²) in [6, 6.07) is 7.83. The SMILES string of the molecule is CC(O)c1nc2ccccc2n1CCN. The van der Waals surface area contributed by atoms with Crippen LogP contribution in [-0.4, -0.2) is 21.2 Å². The van der Waals surface area contributed by atoms with Crippen molar-refractivity contribution >= 4 is 11.0 Å². The van der Waals surface area contributed by atoms with Crippen molar-refractivity contribution in [2.45, 2.75) is 19.6 Å². The van der Waals surface area contributed by atoms with Gasteiger partial charge in [-0.2, -0.15) is 0 Å². The Bertz CT molecular complexity index is 462. The van der Waals surface area contributed by atoms with E-state index < -0.39 is 6.10 Å². The maximum absolute atomic E-state index is 9.61. The number of para-hydroxylation sites is 2. The normalized spacial score (nSPS) is 13.3. The Morgan fingerprint density at radius 3 is 2.87 bits per heavy atom. The van der Waals surface area contributed by atoms with Crippen molar-refractivity contribution in [2.75, 3.05) is 6.54 Å². The summed E-state index contributed by atoms with van der Waals surface area (Å²) in [4.78, 5) is 4.39. The number of imidazole rings is 1. The van der Waals surface area contributed by atoms with Crippen LogP contribution < -0.4 is 5.73 Å². The van der Waals surface area contributed by atoms with Gasteiger partial charge in [0.2, 0.25) is 0 Å². The number of aromatic nitrogens is 2. The number of fused-ring (bicyclic) bond motifs is 1. The van der Waals surface area contributed by atoms with Crippen LogP contribution in [0.1, 0.15) is 18.9 Å². The second kappa shape index (κ2) is 4.00. The molecular formula is C11H15N3O. The van der Waals surface area contributed by atoms with Gasteiger partial charge < -0.3 is 15.4 Å². The zero-order valence-corrected chi connectivity index (χ0v) is 8.72. The second-order valence-corrected chi connectivity index (χ2v) is 3.58. The number of aliphatic hydroxyl groups excluding tert-OH is 1. The van der Waals surface area contributed by atoms with Crippen molar-refractivity contribution < 1.29 is 5.11 Å². The van der Waals surface area contributed by atoms with Crippen molar-refractivity contribution in [1.82, 2.24) is 9.55 Å². The molecule has 2 aromatic rings. The lowest BCUT2D eigenvalue weighted by Gasteiger charge is -2.08. The zero-order valence-electron chi connectivity index (χ0n) is 8.72. The van der Waals surface area contributed by atoms with Crippen molar-refractivity contribution in [3.05, 3.63) is 30.1 Å². The number of hydrogen-bond donors (Lipinski definition) is 2. The maximum Gasteiger partial charge on any atom is 0.138 e. The van der Waals surface area contributed by atoms with E-state index in [9.17, 15) is 5.11 Å². The van der Waals surface area contributed by atoms with Crippen LogP contribution in [0.25, 0.3) is 11.0 Å². The minimum atomic E-state index is -0.566. The van der Waals surface area contributed by atoms with E-state index in [1.54, 1.807) is 6.92 Å². The van der Waals surface area contributed by atoms with Gasteiger partial charge in [-0.1, -0.05) is 12.1 Å². The highest BCUT2D eigenvalue weighted by Gasteiger charge is 2.13. The van der Waals surface area contributed by atoms with Crippen LogP contribution in [0.15, 0.2) is 24.3 Å². The van der Waals surface area contributed by atoms with Crippen LogP contribution in [0.3, 0.4) is 0 Å². The summed E-state index contributed by atoms with van der Waals surface area (Å²) < 4.78 is 1.97. The van der Waals surface area contributed by atoms with Crippen molar-refractivity contribution in [3.8, 4) is 0 Å². The smallest absolute Gasteiger partial charge is 0.138 e. The second-order valence-electron chi connectivity index (χ2n) is 3.58. The average molecular weight is 205 g/mol. The van der Waals surface area contributed by atoms with Gasteiger partial charge in [0.15, 0.2) is 0 Å². The first kappa shape index (κ1) is 10.1. The van der Waals surface area contributed by atoms with Gasteiger partial charge in [-0.05, 0) is 19.1 Å². The largest absolute Gasteiger partial charge is 0.385 e. The minimum Gasteiger partial charge on any atom is -0.385 e. The molecule has 0 spiro atoms. The summed E-state index contributed by atoms with van der Waals surface area (Å²) in [5.41, 5.74) is 7.48. The number of nitrogens with two attached hydrogens (primary N) is 1. The molecule has 1 heterocycles. The standard InChI is InChI=1S/C11H15N3O/c1-8(15)11-13-9-4-2-3-5-10(9)14(11)7-6-12/h2-5,8,15H,6-7,12H2,1H3. The number of aliphatic hydroxyl groups is 1. The average Bonchev–Trinajstić information content (AvgIpc) is 2.58. The topological polar surface area (TPSA) is 64.1 Å². The number of nitrogens with zero attached hydrogens (tertiary/aromatic N) is 2. The van der Waals surface area contributed by atoms with E-state index in [1.807, 2.05) is 28.8 Å². The van der Waals surface area contributed by atoms with Crippen LogP contribution in [0, 0.1) is 0 Å². The maximum atomic E-state index is 9.61. The first-order chi connectivity index (χ1) is 7.24. The van der Waals surface area contributed by atoms with Gasteiger partial charge in [0.25, 0.3) is 0 Å². The fourth-order valence-corrected chi connectivity index (χ4v) is 1.78. The fourth-order valence-electron chi connectivity index (χ4n) is 1.78. The molecular weight excluding hydrogens is 190 g/mol. The first-order valence-electron chi connectivity index (χ1n) is 5.07. The Morgan fingerprint density at radius 2 is 2.20 bits per heavy atom. The highest BCUT2D eigenvalue weighted by Crippen LogP contribution is 2.19. The molecule has 3 N–H and O–H groups in total. The Morgan fingerprint density at radius 1 is 1.47 bits per heavy atom. The Kier molecular flexibility index (Phi) is 2.70. The first-order valence-corrected chi connectivity index (χ1v) is 5.07. The fraction of sp³-hybridized carbons (Fsp3) is 0.364. The third-order valence-electron chi connectivity index (χ3n) is 2.41. The molecule has 0 bridgehead atoms. The van der Waals surface area contributed by atoms with Gasteiger partial charge in [0.05, 0.1) is 11.0 Å². The molecule has 0 aliphatic carbocycles. The molecule has 1 aromatic heterocycles. The number of benzene rings is 1. The van der Waals surface area contributed by atoms with Crippen molar-refractivity contribution in [2.24, 2.45) is 5.73 Å². The van der Waals surface area contributed by atoms with Gasteiger partial charge in [-0.3, -0.25) is 0 Å². The van der Waals surface area contributed by atoms with Gasteiger partial charge in [-0.25, -0.2) is 4.98 Å².